The van der Waals surface area contributed by atoms with Crippen LogP contribution in [0, 0.1) is 11.3 Å². The number of fused-ring (bicyclic) bond motifs is 5. The average molecular weight is 486 g/mol. The van der Waals surface area contributed by atoms with Crippen molar-refractivity contribution in [3.8, 4) is 5.75 Å². The Bertz CT molecular complexity index is 1700. The van der Waals surface area contributed by atoms with Gasteiger partial charge in [-0.15, -0.1) is 0 Å². The Morgan fingerprint density at radius 2 is 1.69 bits per heavy atom. The molecule has 1 N–H and O–H groups in total. The number of carbonyl (C=O) groups excluding carboxylic acids is 2. The molecule has 2 aliphatic carbocycles. The van der Waals surface area contributed by atoms with E-state index in [9.17, 15) is 24.3 Å². The van der Waals surface area contributed by atoms with E-state index in [-0.39, 0.29) is 30.3 Å². The number of aromatic nitrogens is 3. The summed E-state index contributed by atoms with van der Waals surface area (Å²) in [5, 5.41) is 12.9. The number of aromatic hydroxyl groups is 1. The highest BCUT2D eigenvalue weighted by Gasteiger charge is 2.61. The van der Waals surface area contributed by atoms with Crippen LogP contribution in [0.1, 0.15) is 44.7 Å². The third kappa shape index (κ3) is 2.59. The monoisotopic (exact) mass is 485 g/mol. The first kappa shape index (κ1) is 22.5. The van der Waals surface area contributed by atoms with E-state index in [4.69, 9.17) is 0 Å². The lowest BCUT2D eigenvalue weighted by molar-refractivity contribution is -0.140. The molecule has 8 heteroatoms. The molecule has 184 valence electrons. The van der Waals surface area contributed by atoms with Crippen LogP contribution in [0.15, 0.2) is 68.8 Å². The van der Waals surface area contributed by atoms with Gasteiger partial charge < -0.3 is 5.11 Å². The Morgan fingerprint density at radius 1 is 0.972 bits per heavy atom. The zero-order chi connectivity index (χ0) is 25.7. The second-order valence-corrected chi connectivity index (χ2v) is 10.4. The molecule has 4 atom stereocenters. The van der Waals surface area contributed by atoms with Gasteiger partial charge in [-0.3, -0.25) is 9.59 Å². The van der Waals surface area contributed by atoms with Crippen LogP contribution in [-0.2, 0) is 23.2 Å². The number of allylic oxidation sites excluding steroid dienone is 4. The summed E-state index contributed by atoms with van der Waals surface area (Å²) in [6, 6.07) is 10.5. The molecule has 0 saturated heterocycles. The van der Waals surface area contributed by atoms with Crippen LogP contribution >= 0.6 is 0 Å². The van der Waals surface area contributed by atoms with E-state index < -0.39 is 34.7 Å². The first-order chi connectivity index (χ1) is 17.1. The van der Waals surface area contributed by atoms with Gasteiger partial charge in [-0.2, -0.15) is 0 Å². The second kappa shape index (κ2) is 7.29. The topological polar surface area (TPSA) is 103 Å². The summed E-state index contributed by atoms with van der Waals surface area (Å²) in [6.07, 6.45) is 2.13. The van der Waals surface area contributed by atoms with Gasteiger partial charge >= 0.3 is 11.4 Å². The van der Waals surface area contributed by atoms with Crippen molar-refractivity contribution < 1.29 is 14.7 Å². The summed E-state index contributed by atoms with van der Waals surface area (Å²) in [5.41, 5.74) is 0.179. The van der Waals surface area contributed by atoms with Gasteiger partial charge in [0.2, 0.25) is 0 Å². The first-order valence-corrected chi connectivity index (χ1v) is 12.1. The van der Waals surface area contributed by atoms with Crippen molar-refractivity contribution in [1.82, 2.24) is 13.9 Å². The molecule has 3 aromatic rings. The van der Waals surface area contributed by atoms with Crippen LogP contribution in [0.2, 0.25) is 0 Å². The number of carbonyl (C=O) groups is 2. The number of ketones is 2. The summed E-state index contributed by atoms with van der Waals surface area (Å²) in [5.74, 6) is -1.59. The lowest BCUT2D eigenvalue weighted by atomic mass is 9.49. The third-order valence-corrected chi connectivity index (χ3v) is 8.86. The normalized spacial score (nSPS) is 27.6. The number of hydrogen-bond acceptors (Lipinski definition) is 5. The first-order valence-electron chi connectivity index (χ1n) is 12.1. The number of Topliss-reactive ketones (excluding diaryl/α,β-unsaturated/α-hetero) is 2. The van der Waals surface area contributed by atoms with Crippen LogP contribution in [0.5, 0.6) is 5.75 Å². The quantitative estimate of drug-likeness (QED) is 0.534. The predicted molar refractivity (Wildman–Crippen MR) is 134 cm³/mol. The summed E-state index contributed by atoms with van der Waals surface area (Å²) < 4.78 is 3.89. The van der Waals surface area contributed by atoms with E-state index in [0.717, 1.165) is 20.9 Å². The van der Waals surface area contributed by atoms with Crippen LogP contribution < -0.4 is 11.4 Å². The van der Waals surface area contributed by atoms with Crippen molar-refractivity contribution in [3.05, 3.63) is 85.7 Å². The van der Waals surface area contributed by atoms with E-state index in [2.05, 4.69) is 0 Å². The van der Waals surface area contributed by atoms with Crippen LogP contribution in [-0.4, -0.2) is 30.6 Å². The molecule has 8 nitrogen and oxygen atoms in total. The molecule has 0 amide bonds. The summed E-state index contributed by atoms with van der Waals surface area (Å²) in [4.78, 5) is 53.7. The maximum absolute atomic E-state index is 14.1. The zero-order valence-electron chi connectivity index (χ0n) is 20.6. The smallest absolute Gasteiger partial charge is 0.347 e. The Balaban J connectivity index is 1.72. The Morgan fingerprint density at radius 3 is 2.44 bits per heavy atom. The van der Waals surface area contributed by atoms with E-state index in [1.165, 1.54) is 16.4 Å². The highest BCUT2D eigenvalue weighted by molar-refractivity contribution is 6.16. The molecule has 0 unspecified atom stereocenters. The van der Waals surface area contributed by atoms with Gasteiger partial charge in [0, 0.05) is 24.4 Å². The van der Waals surface area contributed by atoms with Crippen molar-refractivity contribution >= 4 is 22.3 Å². The van der Waals surface area contributed by atoms with E-state index in [0.29, 0.717) is 16.7 Å². The number of nitrogens with zero attached hydrogens (tertiary/aromatic N) is 3. The molecule has 3 aliphatic rings. The molecular weight excluding hydrogens is 458 g/mol. The van der Waals surface area contributed by atoms with Gasteiger partial charge in [0.1, 0.15) is 5.75 Å². The number of benzene rings is 2. The molecule has 1 fully saturated rings. The van der Waals surface area contributed by atoms with Crippen LogP contribution in [0.4, 0.5) is 0 Å². The molecule has 2 heterocycles. The minimum Gasteiger partial charge on any atom is -0.508 e. The molecule has 2 aromatic carbocycles. The van der Waals surface area contributed by atoms with E-state index >= 15 is 0 Å². The predicted octanol–water partition coefficient (Wildman–Crippen LogP) is 2.99. The minimum atomic E-state index is -1.16. The number of phenolic OH excluding ortho intramolecular Hbond substituents is 1. The lowest BCUT2D eigenvalue weighted by Crippen LogP contribution is -2.55. The zero-order valence-corrected chi connectivity index (χ0v) is 20.6. The van der Waals surface area contributed by atoms with Gasteiger partial charge in [-0.1, -0.05) is 43.3 Å². The minimum absolute atomic E-state index is 0.0350. The number of hydrogen-bond donors (Lipinski definition) is 1. The maximum Gasteiger partial charge on any atom is 0.347 e. The fraction of sp³-hybridized carbons (Fsp3) is 0.357. The van der Waals surface area contributed by atoms with Gasteiger partial charge in [0.15, 0.2) is 11.6 Å². The van der Waals surface area contributed by atoms with Crippen LogP contribution in [0.25, 0.3) is 10.8 Å². The van der Waals surface area contributed by atoms with E-state index in [1.54, 1.807) is 19.9 Å². The largest absolute Gasteiger partial charge is 0.508 e. The summed E-state index contributed by atoms with van der Waals surface area (Å²) in [7, 11) is 1.44. The van der Waals surface area contributed by atoms with Gasteiger partial charge in [-0.25, -0.2) is 23.5 Å². The van der Waals surface area contributed by atoms with Crippen molar-refractivity contribution in [3.63, 3.8) is 0 Å². The van der Waals surface area contributed by atoms with Crippen molar-refractivity contribution in [2.75, 3.05) is 0 Å². The molecule has 6 rings (SSSR count). The van der Waals surface area contributed by atoms with Gasteiger partial charge in [0.05, 0.1) is 18.0 Å². The summed E-state index contributed by atoms with van der Waals surface area (Å²) in [6.45, 7) is 5.36. The van der Waals surface area contributed by atoms with Crippen molar-refractivity contribution in [2.24, 2.45) is 18.4 Å². The highest BCUT2D eigenvalue weighted by Crippen LogP contribution is 2.62. The molecule has 1 aliphatic heterocycles. The molecule has 0 radical (unpaired) electrons. The Labute approximate surface area is 206 Å². The maximum atomic E-state index is 14.1. The second-order valence-electron chi connectivity index (χ2n) is 10.4. The molecule has 0 spiro atoms. The molecule has 1 saturated carbocycles. The Hall–Kier alpha value is -3.94. The lowest BCUT2D eigenvalue weighted by Gasteiger charge is -2.53. The number of rotatable bonds is 1. The number of phenols is 1. The highest BCUT2D eigenvalue weighted by atomic mass is 16.3. The van der Waals surface area contributed by atoms with Crippen molar-refractivity contribution in [1.29, 1.82) is 0 Å². The SMILES string of the molecule is CC1=C(C)C(=O)[C@@]2(C)[C@@H](c3c(O)ccc4ccccc34)C3=CCn4c(=O)n(C)c(=O)n4[C@@H]3C[C@H]2C1=O. The molecule has 0 bridgehead atoms. The van der Waals surface area contributed by atoms with Gasteiger partial charge in [-0.05, 0) is 53.8 Å². The fourth-order valence-corrected chi connectivity index (χ4v) is 6.85. The summed E-state index contributed by atoms with van der Waals surface area (Å²) >= 11 is 0. The fourth-order valence-electron chi connectivity index (χ4n) is 6.85. The molecule has 36 heavy (non-hydrogen) atoms. The van der Waals surface area contributed by atoms with Crippen molar-refractivity contribution in [2.45, 2.75) is 45.7 Å². The molecule has 1 aromatic heterocycles. The standard InChI is InChI=1S/C28H27N3O5/c1-14-15(2)25(34)28(3)19(24(14)33)13-20-18(11-12-30-26(35)29(4)27(36)31(20)30)23(28)22-17-8-6-5-7-16(17)9-10-21(22)32/h5-11,19-20,23,32H,12-13H2,1-4H3/t19-,20+,23+,28+/m0/s1. The molecular formula is C28H27N3O5. The average Bonchev–Trinajstić information content (AvgIpc) is 3.10. The van der Waals surface area contributed by atoms with Gasteiger partial charge in [0.25, 0.3) is 0 Å². The third-order valence-electron chi connectivity index (χ3n) is 8.86. The Kier molecular flexibility index (Phi) is 4.56. The van der Waals surface area contributed by atoms with E-state index in [1.807, 2.05) is 43.3 Å². The van der Waals surface area contributed by atoms with Crippen LogP contribution in [0.3, 0.4) is 0 Å².